The van der Waals surface area contributed by atoms with Gasteiger partial charge in [-0.25, -0.2) is 0 Å². The Morgan fingerprint density at radius 3 is 2.25 bits per heavy atom. The highest BCUT2D eigenvalue weighted by molar-refractivity contribution is 5.54. The summed E-state index contributed by atoms with van der Waals surface area (Å²) in [6, 6.07) is 8.69. The summed E-state index contributed by atoms with van der Waals surface area (Å²) in [4.78, 5) is 0. The third kappa shape index (κ3) is 2.78. The zero-order chi connectivity index (χ0) is 12.0. The maximum Gasteiger partial charge on any atom is 0.0373 e. The second-order valence-corrected chi connectivity index (χ2v) is 4.19. The monoisotopic (exact) mass is 219 g/mol. The van der Waals surface area contributed by atoms with E-state index in [0.717, 1.165) is 0 Å². The first kappa shape index (κ1) is 13.1. The van der Waals surface area contributed by atoms with Gasteiger partial charge in [-0.2, -0.15) is 0 Å². The molecule has 1 fully saturated rings. The van der Waals surface area contributed by atoms with Gasteiger partial charge in [0.1, 0.15) is 0 Å². The van der Waals surface area contributed by atoms with Crippen LogP contribution in [0.15, 0.2) is 24.3 Å². The molecule has 1 aliphatic heterocycles. The number of nitrogens with one attached hydrogen (secondary N) is 1. The highest BCUT2D eigenvalue weighted by Crippen LogP contribution is 2.51. The van der Waals surface area contributed by atoms with E-state index in [1.807, 2.05) is 27.7 Å². The lowest BCUT2D eigenvalue weighted by Crippen LogP contribution is -2.23. The summed E-state index contributed by atoms with van der Waals surface area (Å²) < 4.78 is 0. The van der Waals surface area contributed by atoms with Gasteiger partial charge >= 0.3 is 0 Å². The number of anilines is 1. The average molecular weight is 219 g/mol. The number of benzene rings is 1. The molecular formula is C15H25N. The Hall–Kier alpha value is -0.980. The molecule has 1 aliphatic carbocycles. The van der Waals surface area contributed by atoms with Crippen LogP contribution in [0.1, 0.15) is 46.1 Å². The Balaban J connectivity index is 0.000000291. The van der Waals surface area contributed by atoms with E-state index in [0.29, 0.717) is 5.41 Å². The highest BCUT2D eigenvalue weighted by Gasteiger charge is 2.44. The van der Waals surface area contributed by atoms with E-state index in [1.54, 1.807) is 0 Å². The number of para-hydroxylation sites is 1. The minimum Gasteiger partial charge on any atom is -0.384 e. The number of hydrogen-bond donors (Lipinski definition) is 1. The molecule has 1 N–H and O–H groups in total. The molecule has 16 heavy (non-hydrogen) atoms. The molecule has 0 atom stereocenters. The first-order valence-corrected chi connectivity index (χ1v) is 6.70. The fraction of sp³-hybridized carbons (Fsp3) is 0.600. The smallest absolute Gasteiger partial charge is 0.0373 e. The zero-order valence-electron chi connectivity index (χ0n) is 11.1. The fourth-order valence-electron chi connectivity index (χ4n) is 2.13. The maximum absolute atomic E-state index is 3.52. The molecule has 1 heterocycles. The lowest BCUT2D eigenvalue weighted by Gasteiger charge is -2.25. The summed E-state index contributed by atoms with van der Waals surface area (Å²) in [6.07, 6.45) is 4.15. The summed E-state index contributed by atoms with van der Waals surface area (Å²) in [7, 11) is 0. The molecule has 1 spiro atoms. The minimum atomic E-state index is 0.661. The van der Waals surface area contributed by atoms with Crippen molar-refractivity contribution in [3.8, 4) is 0 Å². The van der Waals surface area contributed by atoms with Crippen molar-refractivity contribution in [3.05, 3.63) is 29.8 Å². The van der Waals surface area contributed by atoms with Crippen LogP contribution >= 0.6 is 0 Å². The molecule has 0 radical (unpaired) electrons. The second-order valence-electron chi connectivity index (χ2n) is 4.19. The lowest BCUT2D eigenvalue weighted by molar-refractivity contribution is 0.523. The fourth-order valence-corrected chi connectivity index (χ4v) is 2.13. The molecular weight excluding hydrogens is 194 g/mol. The largest absolute Gasteiger partial charge is 0.384 e. The number of hydrogen-bond acceptors (Lipinski definition) is 1. The van der Waals surface area contributed by atoms with Gasteiger partial charge in [-0.15, -0.1) is 0 Å². The van der Waals surface area contributed by atoms with E-state index in [4.69, 9.17) is 0 Å². The van der Waals surface area contributed by atoms with Crippen molar-refractivity contribution >= 4 is 5.69 Å². The van der Waals surface area contributed by atoms with Gasteiger partial charge in [0, 0.05) is 12.2 Å². The molecule has 2 aliphatic rings. The average Bonchev–Trinajstić information content (AvgIpc) is 3.13. The second kappa shape index (κ2) is 5.93. The third-order valence-electron chi connectivity index (χ3n) is 3.19. The van der Waals surface area contributed by atoms with Gasteiger partial charge < -0.3 is 5.32 Å². The van der Waals surface area contributed by atoms with E-state index < -0.39 is 0 Å². The van der Waals surface area contributed by atoms with E-state index in [2.05, 4.69) is 29.6 Å². The van der Waals surface area contributed by atoms with Gasteiger partial charge in [0.15, 0.2) is 0 Å². The Bertz CT molecular complexity index is 313. The Morgan fingerprint density at radius 1 is 1.00 bits per heavy atom. The molecule has 1 heteroatoms. The normalized spacial score (nSPS) is 18.0. The van der Waals surface area contributed by atoms with Crippen LogP contribution in [0, 0.1) is 5.41 Å². The summed E-state index contributed by atoms with van der Waals surface area (Å²) >= 11 is 0. The van der Waals surface area contributed by atoms with E-state index >= 15 is 0 Å². The van der Waals surface area contributed by atoms with Crippen molar-refractivity contribution < 1.29 is 0 Å². The Morgan fingerprint density at radius 2 is 1.62 bits per heavy atom. The van der Waals surface area contributed by atoms with Crippen LogP contribution in [0.3, 0.4) is 0 Å². The molecule has 0 unspecified atom stereocenters. The molecule has 0 saturated heterocycles. The van der Waals surface area contributed by atoms with Crippen molar-refractivity contribution in [1.29, 1.82) is 0 Å². The van der Waals surface area contributed by atoms with Crippen molar-refractivity contribution in [1.82, 2.24) is 0 Å². The van der Waals surface area contributed by atoms with E-state index in [1.165, 1.54) is 37.1 Å². The summed E-state index contributed by atoms with van der Waals surface area (Å²) in [5, 5.41) is 3.52. The Kier molecular flexibility index (Phi) is 4.85. The molecule has 0 aromatic heterocycles. The van der Waals surface area contributed by atoms with Gasteiger partial charge in [-0.3, -0.25) is 0 Å². The van der Waals surface area contributed by atoms with Crippen molar-refractivity contribution in [3.63, 3.8) is 0 Å². The molecule has 1 saturated carbocycles. The lowest BCUT2D eigenvalue weighted by atomic mass is 9.91. The van der Waals surface area contributed by atoms with Gasteiger partial charge in [0.25, 0.3) is 0 Å². The van der Waals surface area contributed by atoms with E-state index in [9.17, 15) is 0 Å². The SMILES string of the molecule is CC.CC.c1ccc2c(c1)CC1(CC1)CN2. The van der Waals surface area contributed by atoms with Crippen molar-refractivity contribution in [2.45, 2.75) is 47.0 Å². The molecule has 1 aromatic carbocycles. The molecule has 3 rings (SSSR count). The van der Waals surface area contributed by atoms with Crippen molar-refractivity contribution in [2.24, 2.45) is 5.41 Å². The Labute approximate surface area is 100 Å². The predicted molar refractivity (Wildman–Crippen MR) is 73.0 cm³/mol. The summed E-state index contributed by atoms with van der Waals surface area (Å²) in [6.45, 7) is 9.20. The number of fused-ring (bicyclic) bond motifs is 1. The summed E-state index contributed by atoms with van der Waals surface area (Å²) in [5.74, 6) is 0. The standard InChI is InChI=1S/C11H13N.2C2H6/c1-2-4-10-9(3-1)7-11(5-6-11)8-12-10;2*1-2/h1-4,12H,5-8H2;2*1-2H3. The molecule has 1 nitrogen and oxygen atoms in total. The maximum atomic E-state index is 3.52. The first-order valence-electron chi connectivity index (χ1n) is 6.70. The zero-order valence-corrected chi connectivity index (χ0v) is 11.1. The van der Waals surface area contributed by atoms with Crippen LogP contribution < -0.4 is 5.32 Å². The first-order chi connectivity index (χ1) is 7.88. The molecule has 1 aromatic rings. The predicted octanol–water partition coefficient (Wildman–Crippen LogP) is 4.49. The topological polar surface area (TPSA) is 12.0 Å². The molecule has 0 amide bonds. The van der Waals surface area contributed by atoms with Gasteiger partial charge in [-0.05, 0) is 36.3 Å². The van der Waals surface area contributed by atoms with Crippen LogP contribution in [-0.2, 0) is 6.42 Å². The molecule has 0 bridgehead atoms. The van der Waals surface area contributed by atoms with Gasteiger partial charge in [0.2, 0.25) is 0 Å². The minimum absolute atomic E-state index is 0.661. The quantitative estimate of drug-likeness (QED) is 0.678. The highest BCUT2D eigenvalue weighted by atomic mass is 14.9. The van der Waals surface area contributed by atoms with Crippen LogP contribution in [0.4, 0.5) is 5.69 Å². The van der Waals surface area contributed by atoms with Gasteiger partial charge in [-0.1, -0.05) is 45.9 Å². The van der Waals surface area contributed by atoms with Gasteiger partial charge in [0.05, 0.1) is 0 Å². The van der Waals surface area contributed by atoms with Crippen LogP contribution in [0.25, 0.3) is 0 Å². The number of rotatable bonds is 0. The van der Waals surface area contributed by atoms with E-state index in [-0.39, 0.29) is 0 Å². The van der Waals surface area contributed by atoms with Crippen molar-refractivity contribution in [2.75, 3.05) is 11.9 Å². The van der Waals surface area contributed by atoms with Crippen LogP contribution in [-0.4, -0.2) is 6.54 Å². The molecule has 90 valence electrons. The third-order valence-corrected chi connectivity index (χ3v) is 3.19. The van der Waals surface area contributed by atoms with Crippen LogP contribution in [0.5, 0.6) is 0 Å². The van der Waals surface area contributed by atoms with Crippen LogP contribution in [0.2, 0.25) is 0 Å². The summed E-state index contributed by atoms with van der Waals surface area (Å²) in [5.41, 5.74) is 3.53.